The fourth-order valence-electron chi connectivity index (χ4n) is 4.31. The van der Waals surface area contributed by atoms with Gasteiger partial charge in [0.15, 0.2) is 0 Å². The highest BCUT2D eigenvalue weighted by atomic mass is 16.5. The predicted molar refractivity (Wildman–Crippen MR) is 105 cm³/mol. The van der Waals surface area contributed by atoms with Crippen molar-refractivity contribution in [1.29, 1.82) is 0 Å². The quantitative estimate of drug-likeness (QED) is 0.724. The SMILES string of the molecule is COc1cc[nH]c(=O)c1C(=O)NC1[C@H]2CN(C(=O)CCc3cn(C)nc3C)C[C@@H]12. The van der Waals surface area contributed by atoms with Gasteiger partial charge in [-0.2, -0.15) is 5.10 Å². The molecule has 0 spiro atoms. The van der Waals surface area contributed by atoms with Gasteiger partial charge in [-0.25, -0.2) is 0 Å². The van der Waals surface area contributed by atoms with Crippen LogP contribution >= 0.6 is 0 Å². The monoisotopic (exact) mass is 399 g/mol. The Kier molecular flexibility index (Phi) is 4.89. The van der Waals surface area contributed by atoms with Crippen LogP contribution in [0.2, 0.25) is 0 Å². The minimum absolute atomic E-state index is 0.00331. The van der Waals surface area contributed by atoms with Crippen molar-refractivity contribution in [2.24, 2.45) is 18.9 Å². The van der Waals surface area contributed by atoms with Gasteiger partial charge in [0.05, 0.1) is 12.8 Å². The van der Waals surface area contributed by atoms with Crippen molar-refractivity contribution in [1.82, 2.24) is 25.0 Å². The van der Waals surface area contributed by atoms with E-state index in [9.17, 15) is 14.4 Å². The predicted octanol–water partition coefficient (Wildman–Crippen LogP) is 0.245. The molecule has 154 valence electrons. The molecule has 3 heterocycles. The standard InChI is InChI=1S/C20H25N5O4/c1-11-12(8-24(2)23-11)4-5-16(26)25-9-13-14(10-25)18(13)22-20(28)17-15(29-3)6-7-21-19(17)27/h6-8,13-14,18H,4-5,9-10H2,1-3H3,(H,21,27)(H,22,28)/t13-,14+,18?. The molecule has 0 bridgehead atoms. The number of carbonyl (C=O) groups excluding carboxylic acids is 2. The number of amides is 2. The maximum absolute atomic E-state index is 12.5. The van der Waals surface area contributed by atoms with Crippen molar-refractivity contribution in [2.45, 2.75) is 25.8 Å². The Hall–Kier alpha value is -3.10. The first kappa shape index (κ1) is 19.2. The topological polar surface area (TPSA) is 109 Å². The number of pyridine rings is 1. The number of piperidine rings is 1. The number of nitrogens with zero attached hydrogens (tertiary/aromatic N) is 3. The summed E-state index contributed by atoms with van der Waals surface area (Å²) in [5.74, 6) is 0.438. The van der Waals surface area contributed by atoms with E-state index in [0.29, 0.717) is 25.9 Å². The lowest BCUT2D eigenvalue weighted by Crippen LogP contribution is -2.39. The summed E-state index contributed by atoms with van der Waals surface area (Å²) in [6.45, 7) is 3.23. The summed E-state index contributed by atoms with van der Waals surface area (Å²) in [4.78, 5) is 41.4. The summed E-state index contributed by atoms with van der Waals surface area (Å²) in [6.07, 6.45) is 4.54. The van der Waals surface area contributed by atoms with Crippen molar-refractivity contribution in [3.63, 3.8) is 0 Å². The van der Waals surface area contributed by atoms with Gasteiger partial charge in [0, 0.05) is 56.8 Å². The Morgan fingerprint density at radius 2 is 2.07 bits per heavy atom. The Bertz CT molecular complexity index is 999. The Morgan fingerprint density at radius 1 is 1.34 bits per heavy atom. The number of aryl methyl sites for hydroxylation is 3. The largest absolute Gasteiger partial charge is 0.496 e. The summed E-state index contributed by atoms with van der Waals surface area (Å²) < 4.78 is 6.89. The van der Waals surface area contributed by atoms with Gasteiger partial charge in [-0.1, -0.05) is 0 Å². The van der Waals surface area contributed by atoms with Crippen LogP contribution < -0.4 is 15.6 Å². The second-order valence-electron chi connectivity index (χ2n) is 7.79. The maximum atomic E-state index is 12.5. The third-order valence-corrected chi connectivity index (χ3v) is 5.94. The number of nitrogens with one attached hydrogen (secondary N) is 2. The van der Waals surface area contributed by atoms with Crippen LogP contribution in [-0.4, -0.2) is 57.7 Å². The Morgan fingerprint density at radius 3 is 2.69 bits per heavy atom. The molecule has 2 aromatic rings. The van der Waals surface area contributed by atoms with Gasteiger partial charge in [-0.15, -0.1) is 0 Å². The van der Waals surface area contributed by atoms with Gasteiger partial charge in [-0.3, -0.25) is 19.1 Å². The number of H-pyrrole nitrogens is 1. The van der Waals surface area contributed by atoms with Crippen LogP contribution in [0.3, 0.4) is 0 Å². The molecule has 29 heavy (non-hydrogen) atoms. The highest BCUT2D eigenvalue weighted by Crippen LogP contribution is 2.45. The van der Waals surface area contributed by atoms with Gasteiger partial charge >= 0.3 is 0 Å². The third kappa shape index (κ3) is 3.64. The molecule has 2 aliphatic rings. The van der Waals surface area contributed by atoms with E-state index in [1.165, 1.54) is 13.3 Å². The molecule has 4 rings (SSSR count). The fraction of sp³-hybridized carbons (Fsp3) is 0.500. The molecule has 9 heteroatoms. The van der Waals surface area contributed by atoms with Crippen molar-refractivity contribution >= 4 is 11.8 Å². The van der Waals surface area contributed by atoms with E-state index in [1.807, 2.05) is 25.1 Å². The zero-order chi connectivity index (χ0) is 20.7. The lowest BCUT2D eigenvalue weighted by atomic mass is 10.1. The minimum Gasteiger partial charge on any atom is -0.496 e. The van der Waals surface area contributed by atoms with Crippen molar-refractivity contribution in [2.75, 3.05) is 20.2 Å². The maximum Gasteiger partial charge on any atom is 0.264 e. The van der Waals surface area contributed by atoms with Gasteiger partial charge in [0.2, 0.25) is 5.91 Å². The van der Waals surface area contributed by atoms with E-state index < -0.39 is 11.5 Å². The van der Waals surface area contributed by atoms with E-state index in [2.05, 4.69) is 15.4 Å². The molecule has 1 saturated carbocycles. The summed E-state index contributed by atoms with van der Waals surface area (Å²) in [5, 5.41) is 7.23. The zero-order valence-electron chi connectivity index (χ0n) is 16.8. The van der Waals surface area contributed by atoms with Gasteiger partial charge in [-0.05, 0) is 25.0 Å². The number of likely N-dealkylation sites (tertiary alicyclic amines) is 1. The van der Waals surface area contributed by atoms with Crippen LogP contribution in [0.4, 0.5) is 0 Å². The highest BCUT2D eigenvalue weighted by molar-refractivity contribution is 5.97. The summed E-state index contributed by atoms with van der Waals surface area (Å²) in [7, 11) is 3.30. The number of hydrogen-bond donors (Lipinski definition) is 2. The molecular weight excluding hydrogens is 374 g/mol. The molecule has 1 unspecified atom stereocenters. The van der Waals surface area contributed by atoms with Crippen LogP contribution in [0.5, 0.6) is 5.75 Å². The van der Waals surface area contributed by atoms with E-state index in [-0.39, 0.29) is 35.1 Å². The number of hydrogen-bond acceptors (Lipinski definition) is 5. The summed E-state index contributed by atoms with van der Waals surface area (Å²) >= 11 is 0. The zero-order valence-corrected chi connectivity index (χ0v) is 16.8. The highest BCUT2D eigenvalue weighted by Gasteiger charge is 2.57. The lowest BCUT2D eigenvalue weighted by Gasteiger charge is -2.20. The molecule has 0 radical (unpaired) electrons. The van der Waals surface area contributed by atoms with Gasteiger partial charge in [0.25, 0.3) is 11.5 Å². The number of ether oxygens (including phenoxy) is 1. The number of methoxy groups -OCH3 is 1. The first-order valence-electron chi connectivity index (χ1n) is 9.72. The molecule has 9 nitrogen and oxygen atoms in total. The van der Waals surface area contributed by atoms with Crippen LogP contribution in [0.1, 0.15) is 28.0 Å². The third-order valence-electron chi connectivity index (χ3n) is 5.94. The molecule has 2 N–H and O–H groups in total. The lowest BCUT2D eigenvalue weighted by molar-refractivity contribution is -0.130. The molecule has 1 saturated heterocycles. The van der Waals surface area contributed by atoms with Crippen molar-refractivity contribution in [3.8, 4) is 5.75 Å². The average molecular weight is 399 g/mol. The van der Waals surface area contributed by atoms with E-state index in [4.69, 9.17) is 4.74 Å². The Labute approximate surface area is 168 Å². The van der Waals surface area contributed by atoms with Crippen molar-refractivity contribution in [3.05, 3.63) is 45.6 Å². The smallest absolute Gasteiger partial charge is 0.264 e. The average Bonchev–Trinajstić information content (AvgIpc) is 3.02. The summed E-state index contributed by atoms with van der Waals surface area (Å²) in [6, 6.07) is 1.55. The van der Waals surface area contributed by atoms with Crippen LogP contribution in [0.25, 0.3) is 0 Å². The molecule has 2 aromatic heterocycles. The van der Waals surface area contributed by atoms with E-state index in [1.54, 1.807) is 10.7 Å². The second kappa shape index (κ2) is 7.38. The number of aromatic amines is 1. The van der Waals surface area contributed by atoms with Crippen LogP contribution in [0.15, 0.2) is 23.3 Å². The van der Waals surface area contributed by atoms with Crippen LogP contribution in [-0.2, 0) is 18.3 Å². The number of fused-ring (bicyclic) bond motifs is 1. The fourth-order valence-corrected chi connectivity index (χ4v) is 4.31. The minimum atomic E-state index is -0.477. The number of rotatable bonds is 6. The second-order valence-corrected chi connectivity index (χ2v) is 7.79. The molecule has 0 aromatic carbocycles. The molecule has 2 amide bonds. The number of aromatic nitrogens is 3. The first-order valence-corrected chi connectivity index (χ1v) is 9.72. The van der Waals surface area contributed by atoms with E-state index in [0.717, 1.165) is 11.3 Å². The van der Waals surface area contributed by atoms with Gasteiger partial charge in [0.1, 0.15) is 11.3 Å². The molecule has 1 aliphatic carbocycles. The van der Waals surface area contributed by atoms with Crippen molar-refractivity contribution < 1.29 is 14.3 Å². The molecule has 1 aliphatic heterocycles. The van der Waals surface area contributed by atoms with E-state index >= 15 is 0 Å². The molecular formula is C20H25N5O4. The Balaban J connectivity index is 1.29. The van der Waals surface area contributed by atoms with Gasteiger partial charge < -0.3 is 19.9 Å². The normalized spacial score (nSPS) is 22.3. The first-order chi connectivity index (χ1) is 13.9. The molecule has 3 atom stereocenters. The summed E-state index contributed by atoms with van der Waals surface area (Å²) in [5.41, 5.74) is 1.56. The van der Waals surface area contributed by atoms with Crippen LogP contribution in [0, 0.1) is 18.8 Å². The molecule has 2 fully saturated rings. The number of carbonyl (C=O) groups is 2.